The average molecular weight is 332 g/mol. The molecule has 0 bridgehead atoms. The first kappa shape index (κ1) is 16.6. The molecule has 23 heavy (non-hydrogen) atoms. The number of rotatable bonds is 5. The first-order valence-electron chi connectivity index (χ1n) is 6.78. The van der Waals surface area contributed by atoms with Crippen molar-refractivity contribution in [3.63, 3.8) is 0 Å². The van der Waals surface area contributed by atoms with Gasteiger partial charge in [0.1, 0.15) is 16.5 Å². The lowest BCUT2D eigenvalue weighted by Gasteiger charge is -2.07. The van der Waals surface area contributed by atoms with Gasteiger partial charge < -0.3 is 9.84 Å². The van der Waals surface area contributed by atoms with Crippen LogP contribution in [0.2, 0.25) is 5.15 Å². The molecule has 0 aromatic carbocycles. The summed E-state index contributed by atoms with van der Waals surface area (Å²) in [4.78, 5) is 24.0. The summed E-state index contributed by atoms with van der Waals surface area (Å²) in [6.45, 7) is 1.83. The third-order valence-corrected chi connectivity index (χ3v) is 3.05. The quantitative estimate of drug-likeness (QED) is 0.298. The predicted molar refractivity (Wildman–Crippen MR) is 87.8 cm³/mol. The molecule has 0 saturated heterocycles. The van der Waals surface area contributed by atoms with E-state index in [1.165, 1.54) is 18.6 Å². The smallest absolute Gasteiger partial charge is 0.343 e. The highest BCUT2D eigenvalue weighted by Gasteiger charge is 2.18. The highest BCUT2D eigenvalue weighted by molar-refractivity contribution is 6.31. The number of halogens is 1. The van der Waals surface area contributed by atoms with Gasteiger partial charge in [0.25, 0.3) is 0 Å². The Labute approximate surface area is 138 Å². The zero-order valence-electron chi connectivity index (χ0n) is 12.3. The van der Waals surface area contributed by atoms with Crippen molar-refractivity contribution in [2.75, 3.05) is 6.61 Å². The molecular weight excluding hydrogens is 318 g/mol. The van der Waals surface area contributed by atoms with Gasteiger partial charge in [-0.2, -0.15) is 0 Å². The first-order chi connectivity index (χ1) is 11.1. The van der Waals surface area contributed by atoms with Crippen molar-refractivity contribution in [2.45, 2.75) is 6.92 Å². The Balaban J connectivity index is 2.45. The minimum Gasteiger partial charge on any atom is -0.506 e. The molecule has 2 aromatic heterocycles. The van der Waals surface area contributed by atoms with E-state index in [-0.39, 0.29) is 28.7 Å². The van der Waals surface area contributed by atoms with Gasteiger partial charge in [-0.25, -0.2) is 9.78 Å². The topological polar surface area (TPSA) is 84.7 Å². The lowest BCUT2D eigenvalue weighted by atomic mass is 10.1. The number of nitrogens with zero attached hydrogens (tertiary/aromatic N) is 3. The van der Waals surface area contributed by atoms with Crippen LogP contribution in [0.15, 0.2) is 53.4 Å². The summed E-state index contributed by atoms with van der Waals surface area (Å²) >= 11 is 5.95. The van der Waals surface area contributed by atoms with Crippen LogP contribution < -0.4 is 0 Å². The van der Waals surface area contributed by atoms with Gasteiger partial charge in [-0.15, -0.1) is 0 Å². The van der Waals surface area contributed by atoms with Gasteiger partial charge in [0.15, 0.2) is 0 Å². The van der Waals surface area contributed by atoms with Gasteiger partial charge >= 0.3 is 5.97 Å². The van der Waals surface area contributed by atoms with E-state index >= 15 is 0 Å². The Morgan fingerprint density at radius 2 is 2.17 bits per heavy atom. The van der Waals surface area contributed by atoms with Crippen molar-refractivity contribution >= 4 is 35.2 Å². The molecule has 2 aromatic rings. The SMILES string of the molecule is CCOC(=O)/C(C=Nc1cccnc1)=C(/O)c1cccnc1Cl. The van der Waals surface area contributed by atoms with Crippen LogP contribution in [0.3, 0.4) is 0 Å². The number of aromatic nitrogens is 2. The van der Waals surface area contributed by atoms with Gasteiger partial charge in [-0.3, -0.25) is 9.98 Å². The van der Waals surface area contributed by atoms with Crippen molar-refractivity contribution in [1.82, 2.24) is 9.97 Å². The number of aliphatic hydroxyl groups is 1. The van der Waals surface area contributed by atoms with E-state index < -0.39 is 5.97 Å². The van der Waals surface area contributed by atoms with E-state index in [1.54, 1.807) is 37.4 Å². The minimum atomic E-state index is -0.711. The highest BCUT2D eigenvalue weighted by atomic mass is 35.5. The van der Waals surface area contributed by atoms with Crippen LogP contribution in [0.25, 0.3) is 5.76 Å². The van der Waals surface area contributed by atoms with Crippen LogP contribution in [0.5, 0.6) is 0 Å². The molecule has 6 nitrogen and oxygen atoms in total. The number of aliphatic hydroxyl groups excluding tert-OH is 1. The second-order valence-electron chi connectivity index (χ2n) is 4.29. The zero-order valence-corrected chi connectivity index (χ0v) is 13.1. The Morgan fingerprint density at radius 1 is 1.39 bits per heavy atom. The fraction of sp³-hybridized carbons (Fsp3) is 0.125. The molecule has 0 amide bonds. The van der Waals surface area contributed by atoms with E-state index in [9.17, 15) is 9.90 Å². The number of ether oxygens (including phenoxy) is 1. The van der Waals surface area contributed by atoms with Gasteiger partial charge in [-0.1, -0.05) is 11.6 Å². The maximum atomic E-state index is 12.1. The number of esters is 1. The molecule has 0 aliphatic rings. The standard InChI is InChI=1S/C16H14ClN3O3/c1-2-23-16(22)13(10-20-11-5-3-7-18-9-11)14(21)12-6-4-8-19-15(12)17/h3-10,21H,2H2,1H3/b14-13+,20-10?. The molecular formula is C16H14ClN3O3. The fourth-order valence-electron chi connectivity index (χ4n) is 1.70. The summed E-state index contributed by atoms with van der Waals surface area (Å²) in [5.74, 6) is -1.06. The monoisotopic (exact) mass is 331 g/mol. The highest BCUT2D eigenvalue weighted by Crippen LogP contribution is 2.23. The molecule has 7 heteroatoms. The van der Waals surface area contributed by atoms with Crippen molar-refractivity contribution in [1.29, 1.82) is 0 Å². The molecule has 118 valence electrons. The zero-order chi connectivity index (χ0) is 16.7. The third kappa shape index (κ3) is 4.37. The summed E-state index contributed by atoms with van der Waals surface area (Å²) in [6, 6.07) is 6.55. The number of aliphatic imine (C=N–C) groups is 1. The second kappa shape index (κ2) is 8.05. The Bertz CT molecular complexity index is 745. The summed E-state index contributed by atoms with van der Waals surface area (Å²) < 4.78 is 4.95. The van der Waals surface area contributed by atoms with Crippen LogP contribution in [0, 0.1) is 0 Å². The van der Waals surface area contributed by atoms with Crippen molar-refractivity contribution in [3.8, 4) is 0 Å². The molecule has 0 radical (unpaired) electrons. The van der Waals surface area contributed by atoms with Crippen LogP contribution >= 0.6 is 11.6 Å². The van der Waals surface area contributed by atoms with E-state index in [0.29, 0.717) is 5.69 Å². The number of hydrogen-bond acceptors (Lipinski definition) is 6. The lowest BCUT2D eigenvalue weighted by Crippen LogP contribution is -2.11. The molecule has 2 heterocycles. The number of carbonyl (C=O) groups excluding carboxylic acids is 1. The summed E-state index contributed by atoms with van der Waals surface area (Å²) in [5.41, 5.74) is 0.625. The molecule has 0 spiro atoms. The number of pyridine rings is 2. The maximum Gasteiger partial charge on any atom is 0.343 e. The molecule has 2 rings (SSSR count). The lowest BCUT2D eigenvalue weighted by molar-refractivity contribution is -0.137. The second-order valence-corrected chi connectivity index (χ2v) is 4.65. The molecule has 0 unspecified atom stereocenters. The largest absolute Gasteiger partial charge is 0.506 e. The summed E-state index contributed by atoms with van der Waals surface area (Å²) in [6.07, 6.45) is 5.82. The van der Waals surface area contributed by atoms with Crippen LogP contribution in [0.1, 0.15) is 12.5 Å². The molecule has 1 N–H and O–H groups in total. The molecule has 0 aliphatic carbocycles. The molecule has 0 saturated carbocycles. The third-order valence-electron chi connectivity index (χ3n) is 2.75. The summed E-state index contributed by atoms with van der Waals surface area (Å²) in [7, 11) is 0. The predicted octanol–water partition coefficient (Wildman–Crippen LogP) is 3.36. The van der Waals surface area contributed by atoms with E-state index in [4.69, 9.17) is 16.3 Å². The Hall–Kier alpha value is -2.73. The Kier molecular flexibility index (Phi) is 5.82. The Morgan fingerprint density at radius 3 is 2.83 bits per heavy atom. The minimum absolute atomic E-state index is 0.0709. The van der Waals surface area contributed by atoms with Crippen LogP contribution in [0.4, 0.5) is 5.69 Å². The van der Waals surface area contributed by atoms with Crippen LogP contribution in [-0.2, 0) is 9.53 Å². The normalized spacial score (nSPS) is 12.1. The fourth-order valence-corrected chi connectivity index (χ4v) is 1.91. The molecule has 0 atom stereocenters. The first-order valence-corrected chi connectivity index (χ1v) is 7.16. The van der Waals surface area contributed by atoms with Crippen LogP contribution in [-0.4, -0.2) is 33.9 Å². The number of hydrogen-bond donors (Lipinski definition) is 1. The molecule has 0 fully saturated rings. The molecule has 0 aliphatic heterocycles. The van der Waals surface area contributed by atoms with Gasteiger partial charge in [0.2, 0.25) is 0 Å². The van der Waals surface area contributed by atoms with Gasteiger partial charge in [0, 0.05) is 18.6 Å². The number of carbonyl (C=O) groups is 1. The van der Waals surface area contributed by atoms with Crippen molar-refractivity contribution in [3.05, 3.63) is 59.1 Å². The van der Waals surface area contributed by atoms with Crippen molar-refractivity contribution in [2.24, 2.45) is 4.99 Å². The maximum absolute atomic E-state index is 12.1. The van der Waals surface area contributed by atoms with Gasteiger partial charge in [0.05, 0.1) is 24.1 Å². The van der Waals surface area contributed by atoms with Crippen molar-refractivity contribution < 1.29 is 14.6 Å². The van der Waals surface area contributed by atoms with E-state index in [2.05, 4.69) is 15.0 Å². The van der Waals surface area contributed by atoms with Gasteiger partial charge in [-0.05, 0) is 31.2 Å². The van der Waals surface area contributed by atoms with E-state index in [0.717, 1.165) is 0 Å². The van der Waals surface area contributed by atoms with E-state index in [1.807, 2.05) is 0 Å². The average Bonchev–Trinajstić information content (AvgIpc) is 2.56. The summed E-state index contributed by atoms with van der Waals surface area (Å²) in [5, 5.41) is 10.5.